The van der Waals surface area contributed by atoms with Gasteiger partial charge in [-0.1, -0.05) is 45.0 Å². The van der Waals surface area contributed by atoms with Crippen LogP contribution >= 0.6 is 0 Å². The number of para-hydroxylation sites is 1. The van der Waals surface area contributed by atoms with Crippen molar-refractivity contribution >= 4 is 31.5 Å². The third-order valence-electron chi connectivity index (χ3n) is 5.64. The van der Waals surface area contributed by atoms with Crippen molar-refractivity contribution in [2.75, 3.05) is 24.6 Å². The number of hydrogen-bond acceptors (Lipinski definition) is 4. The van der Waals surface area contributed by atoms with E-state index in [4.69, 9.17) is 4.43 Å². The minimum atomic E-state index is -2.04. The molecule has 2 rings (SSSR count). The second-order valence-electron chi connectivity index (χ2n) is 8.84. The van der Waals surface area contributed by atoms with E-state index in [9.17, 15) is 9.59 Å². The number of carbonyl (C=O) groups excluding carboxylic acids is 2. The lowest BCUT2D eigenvalue weighted by Crippen LogP contribution is -2.48. The number of anilines is 1. The first-order chi connectivity index (χ1) is 13.5. The quantitative estimate of drug-likeness (QED) is 0.547. The van der Waals surface area contributed by atoms with Gasteiger partial charge in [-0.05, 0) is 31.1 Å². The van der Waals surface area contributed by atoms with E-state index in [1.807, 2.05) is 31.2 Å². The molecular formula is C22H33N3O3Si. The van der Waals surface area contributed by atoms with Crippen LogP contribution in [0.4, 0.5) is 5.69 Å². The number of hydrogen-bond donors (Lipinski definition) is 1. The molecule has 158 valence electrons. The van der Waals surface area contributed by atoms with Gasteiger partial charge < -0.3 is 14.6 Å². The fraction of sp³-hybridized carbons (Fsp3) is 0.500. The van der Waals surface area contributed by atoms with Gasteiger partial charge in [0.2, 0.25) is 5.91 Å². The molecule has 0 saturated carbocycles. The molecule has 0 radical (unpaired) electrons. The highest BCUT2D eigenvalue weighted by molar-refractivity contribution is 6.74. The molecule has 2 amide bonds. The molecule has 0 bridgehead atoms. The van der Waals surface area contributed by atoms with E-state index in [-0.39, 0.29) is 30.0 Å². The second kappa shape index (κ2) is 9.05. The van der Waals surface area contributed by atoms with E-state index in [0.29, 0.717) is 12.2 Å². The Balaban J connectivity index is 2.33. The zero-order chi connectivity index (χ0) is 21.8. The van der Waals surface area contributed by atoms with Crippen molar-refractivity contribution < 1.29 is 14.0 Å². The second-order valence-corrected chi connectivity index (χ2v) is 13.6. The Labute approximate surface area is 175 Å². The number of rotatable bonds is 7. The topological polar surface area (TPSA) is 71.0 Å². The fourth-order valence-electron chi connectivity index (χ4n) is 2.83. The maximum absolute atomic E-state index is 13.4. The average molecular weight is 416 g/mol. The molecule has 0 fully saturated rings. The SMILES string of the molecule is C=CCNC(=O)CN1C(=O)[C@@H](CO[Si](C)(C)C(C)(C)C)N=C(C)c2ccccc21. The number of benzene rings is 1. The summed E-state index contributed by atoms with van der Waals surface area (Å²) >= 11 is 0. The fourth-order valence-corrected chi connectivity index (χ4v) is 3.84. The minimum absolute atomic E-state index is 0.0345. The maximum atomic E-state index is 13.4. The van der Waals surface area contributed by atoms with E-state index in [1.165, 1.54) is 4.90 Å². The molecule has 0 saturated heterocycles. The Morgan fingerprint density at radius 2 is 2.00 bits per heavy atom. The van der Waals surface area contributed by atoms with Crippen LogP contribution in [0.25, 0.3) is 0 Å². The van der Waals surface area contributed by atoms with Crippen LogP contribution in [0.5, 0.6) is 0 Å². The van der Waals surface area contributed by atoms with Gasteiger partial charge in [0, 0.05) is 17.8 Å². The Bertz CT molecular complexity index is 812. The molecule has 0 unspecified atom stereocenters. The largest absolute Gasteiger partial charge is 0.414 e. The maximum Gasteiger partial charge on any atom is 0.254 e. The van der Waals surface area contributed by atoms with Gasteiger partial charge in [0.05, 0.1) is 12.3 Å². The summed E-state index contributed by atoms with van der Waals surface area (Å²) in [7, 11) is -2.04. The van der Waals surface area contributed by atoms with Crippen LogP contribution < -0.4 is 10.2 Å². The molecule has 0 spiro atoms. The van der Waals surface area contributed by atoms with Crippen LogP contribution in [0.2, 0.25) is 18.1 Å². The van der Waals surface area contributed by atoms with Crippen molar-refractivity contribution in [1.82, 2.24) is 5.32 Å². The lowest BCUT2D eigenvalue weighted by Gasteiger charge is -2.37. The van der Waals surface area contributed by atoms with E-state index in [0.717, 1.165) is 11.3 Å². The molecule has 1 heterocycles. The van der Waals surface area contributed by atoms with Crippen LogP contribution in [-0.2, 0) is 14.0 Å². The number of nitrogens with zero attached hydrogens (tertiary/aromatic N) is 2. The predicted molar refractivity (Wildman–Crippen MR) is 121 cm³/mol. The monoisotopic (exact) mass is 415 g/mol. The van der Waals surface area contributed by atoms with Crippen molar-refractivity contribution in [2.45, 2.75) is 51.9 Å². The average Bonchev–Trinajstić information content (AvgIpc) is 2.74. The highest BCUT2D eigenvalue weighted by atomic mass is 28.4. The number of carbonyl (C=O) groups is 2. The lowest BCUT2D eigenvalue weighted by atomic mass is 10.1. The smallest absolute Gasteiger partial charge is 0.254 e. The number of benzodiazepines with no additional fused rings is 1. The number of fused-ring (bicyclic) bond motifs is 1. The minimum Gasteiger partial charge on any atom is -0.414 e. The molecule has 7 heteroatoms. The van der Waals surface area contributed by atoms with E-state index >= 15 is 0 Å². The number of aliphatic imine (C=N–C) groups is 1. The first-order valence-corrected chi connectivity index (χ1v) is 12.9. The third-order valence-corrected chi connectivity index (χ3v) is 10.1. The van der Waals surface area contributed by atoms with Crippen molar-refractivity contribution in [2.24, 2.45) is 4.99 Å². The van der Waals surface area contributed by atoms with Gasteiger partial charge >= 0.3 is 0 Å². The van der Waals surface area contributed by atoms with Crippen molar-refractivity contribution in [3.63, 3.8) is 0 Å². The molecule has 1 aliphatic heterocycles. The first-order valence-electron chi connectivity index (χ1n) is 9.94. The van der Waals surface area contributed by atoms with Gasteiger partial charge in [-0.2, -0.15) is 0 Å². The van der Waals surface area contributed by atoms with E-state index in [2.05, 4.69) is 50.8 Å². The summed E-state index contributed by atoms with van der Waals surface area (Å²) in [5.74, 6) is -0.460. The van der Waals surface area contributed by atoms with Crippen molar-refractivity contribution in [3.8, 4) is 0 Å². The van der Waals surface area contributed by atoms with Gasteiger partial charge in [0.25, 0.3) is 5.91 Å². The van der Waals surface area contributed by atoms with Gasteiger partial charge in [0.1, 0.15) is 6.54 Å². The van der Waals surface area contributed by atoms with E-state index in [1.54, 1.807) is 6.08 Å². The summed E-state index contributed by atoms with van der Waals surface area (Å²) in [6, 6.07) is 6.87. The summed E-state index contributed by atoms with van der Waals surface area (Å²) in [6.45, 7) is 16.8. The van der Waals surface area contributed by atoms with Crippen LogP contribution in [-0.4, -0.2) is 51.6 Å². The van der Waals surface area contributed by atoms with Gasteiger partial charge in [0.15, 0.2) is 14.4 Å². The molecule has 1 atom stereocenters. The Kier molecular flexibility index (Phi) is 7.18. The summed E-state index contributed by atoms with van der Waals surface area (Å²) in [5, 5.41) is 2.78. The highest BCUT2D eigenvalue weighted by Gasteiger charge is 2.39. The molecule has 0 aromatic heterocycles. The summed E-state index contributed by atoms with van der Waals surface area (Å²) < 4.78 is 6.30. The summed E-state index contributed by atoms with van der Waals surface area (Å²) in [5.41, 5.74) is 2.32. The predicted octanol–water partition coefficient (Wildman–Crippen LogP) is 3.53. The van der Waals surface area contributed by atoms with Crippen molar-refractivity contribution in [1.29, 1.82) is 0 Å². The van der Waals surface area contributed by atoms with Gasteiger partial charge in [-0.25, -0.2) is 0 Å². The molecule has 29 heavy (non-hydrogen) atoms. The van der Waals surface area contributed by atoms with E-state index < -0.39 is 14.4 Å². The number of nitrogens with one attached hydrogen (secondary N) is 1. The first kappa shape index (κ1) is 23.0. The van der Waals surface area contributed by atoms with Crippen LogP contribution in [0.1, 0.15) is 33.3 Å². The molecular weight excluding hydrogens is 382 g/mol. The van der Waals surface area contributed by atoms with Crippen LogP contribution in [0, 0.1) is 0 Å². The van der Waals surface area contributed by atoms with Crippen LogP contribution in [0.15, 0.2) is 41.9 Å². The molecule has 1 aromatic carbocycles. The molecule has 0 aliphatic carbocycles. The molecule has 1 aliphatic rings. The Morgan fingerprint density at radius 3 is 2.62 bits per heavy atom. The molecule has 1 aromatic rings. The Hall–Kier alpha value is -2.25. The zero-order valence-electron chi connectivity index (χ0n) is 18.4. The Morgan fingerprint density at radius 1 is 1.34 bits per heavy atom. The van der Waals surface area contributed by atoms with Crippen molar-refractivity contribution in [3.05, 3.63) is 42.5 Å². The lowest BCUT2D eigenvalue weighted by molar-refractivity contribution is -0.124. The summed E-state index contributed by atoms with van der Waals surface area (Å²) in [6.07, 6.45) is 1.61. The zero-order valence-corrected chi connectivity index (χ0v) is 19.4. The standard InChI is InChI=1S/C22H33N3O3Si/c1-8-13-23-20(26)14-25-19-12-10-9-11-17(19)16(2)24-18(21(25)27)15-28-29(6,7)22(3,4)5/h8-12,18H,1,13-15H2,2-7H3,(H,23,26)/t18-/m1/s1. The molecule has 6 nitrogen and oxygen atoms in total. The molecule has 1 N–H and O–H groups in total. The van der Waals surface area contributed by atoms with Crippen LogP contribution in [0.3, 0.4) is 0 Å². The van der Waals surface area contributed by atoms with Gasteiger partial charge in [-0.3, -0.25) is 14.6 Å². The third kappa shape index (κ3) is 5.42. The van der Waals surface area contributed by atoms with Gasteiger partial charge in [-0.15, -0.1) is 6.58 Å². The highest BCUT2D eigenvalue weighted by Crippen LogP contribution is 2.37. The number of amides is 2. The summed E-state index contributed by atoms with van der Waals surface area (Å²) in [4.78, 5) is 31.9. The normalized spacial score (nSPS) is 17.3.